The van der Waals surface area contributed by atoms with Gasteiger partial charge in [0.15, 0.2) is 6.29 Å². The van der Waals surface area contributed by atoms with Crippen LogP contribution >= 0.6 is 28.1 Å². The lowest BCUT2D eigenvalue weighted by Gasteiger charge is -2.18. The summed E-state index contributed by atoms with van der Waals surface area (Å²) in [6.45, 7) is 0. The highest BCUT2D eigenvalue weighted by molar-refractivity contribution is 9.09. The molecule has 0 bridgehead atoms. The van der Waals surface area contributed by atoms with Crippen molar-refractivity contribution in [3.05, 3.63) is 0 Å². The molecule has 0 aliphatic heterocycles. The second-order valence-electron chi connectivity index (χ2n) is 2.10. The summed E-state index contributed by atoms with van der Waals surface area (Å²) in [4.78, 5) is 0.219. The molecule has 66 valence electrons. The van der Waals surface area contributed by atoms with Gasteiger partial charge in [-0.1, -0.05) is 28.1 Å². The molecule has 1 atom stereocenters. The molecule has 0 aromatic heterocycles. The maximum absolute atomic E-state index is 5.04. The fourth-order valence-corrected chi connectivity index (χ4v) is 1.59. The van der Waals surface area contributed by atoms with E-state index < -0.39 is 0 Å². The Balaban J connectivity index is 3.59. The highest BCUT2D eigenvalue weighted by Gasteiger charge is 2.15. The summed E-state index contributed by atoms with van der Waals surface area (Å²) >= 11 is 8.15. The van der Waals surface area contributed by atoms with Crippen molar-refractivity contribution in [3.8, 4) is 0 Å². The molecule has 1 unspecified atom stereocenters. The molecule has 0 N–H and O–H groups in total. The van der Waals surface area contributed by atoms with Crippen LogP contribution in [0.2, 0.25) is 0 Å². The van der Waals surface area contributed by atoms with E-state index in [1.165, 1.54) is 0 Å². The van der Waals surface area contributed by atoms with Gasteiger partial charge in [0.1, 0.15) is 0 Å². The number of alkyl halides is 1. The van der Waals surface area contributed by atoms with Crippen molar-refractivity contribution in [1.29, 1.82) is 0 Å². The molecule has 2 nitrogen and oxygen atoms in total. The minimum Gasteiger partial charge on any atom is -0.355 e. The molecule has 0 aliphatic rings. The number of rotatable bonds is 6. The van der Waals surface area contributed by atoms with Gasteiger partial charge >= 0.3 is 0 Å². The zero-order valence-corrected chi connectivity index (χ0v) is 9.15. The van der Waals surface area contributed by atoms with E-state index >= 15 is 0 Å². The van der Waals surface area contributed by atoms with E-state index in [0.717, 1.165) is 12.8 Å². The molecule has 11 heavy (non-hydrogen) atoms. The molecular formula is C7H13BrO2S. The first-order valence-electron chi connectivity index (χ1n) is 3.39. The predicted octanol–water partition coefficient (Wildman–Crippen LogP) is 2.15. The lowest BCUT2D eigenvalue weighted by atomic mass is 10.2. The molecule has 0 saturated carbocycles. The zero-order chi connectivity index (χ0) is 8.69. The van der Waals surface area contributed by atoms with Crippen molar-refractivity contribution in [2.45, 2.75) is 24.0 Å². The maximum Gasteiger partial charge on any atom is 0.169 e. The van der Waals surface area contributed by atoms with Crippen LogP contribution in [-0.2, 0) is 9.47 Å². The van der Waals surface area contributed by atoms with Gasteiger partial charge in [-0.25, -0.2) is 0 Å². The summed E-state index contributed by atoms with van der Waals surface area (Å²) < 4.78 is 10.1. The van der Waals surface area contributed by atoms with E-state index in [-0.39, 0.29) is 11.1 Å². The van der Waals surface area contributed by atoms with Gasteiger partial charge in [0.2, 0.25) is 0 Å². The number of hydrogen-bond acceptors (Lipinski definition) is 3. The SMILES string of the molecule is COC(OC)C(Br)CCC=S. The molecule has 0 radical (unpaired) electrons. The lowest BCUT2D eigenvalue weighted by Crippen LogP contribution is -2.24. The van der Waals surface area contributed by atoms with Crippen LogP contribution in [0.4, 0.5) is 0 Å². The molecule has 0 heterocycles. The summed E-state index contributed by atoms with van der Waals surface area (Å²) in [6, 6.07) is 0. The Morgan fingerprint density at radius 3 is 2.36 bits per heavy atom. The third kappa shape index (κ3) is 4.85. The van der Waals surface area contributed by atoms with Crippen LogP contribution in [0.1, 0.15) is 12.8 Å². The molecule has 4 heteroatoms. The normalized spacial score (nSPS) is 13.5. The average molecular weight is 241 g/mol. The Kier molecular flexibility index (Phi) is 7.47. The quantitative estimate of drug-likeness (QED) is 0.403. The van der Waals surface area contributed by atoms with Crippen LogP contribution in [0, 0.1) is 0 Å². The van der Waals surface area contributed by atoms with Crippen molar-refractivity contribution in [3.63, 3.8) is 0 Å². The van der Waals surface area contributed by atoms with Gasteiger partial charge in [0, 0.05) is 14.2 Å². The molecule has 0 aromatic carbocycles. The van der Waals surface area contributed by atoms with E-state index in [1.54, 1.807) is 19.6 Å². The van der Waals surface area contributed by atoms with E-state index in [9.17, 15) is 0 Å². The second-order valence-corrected chi connectivity index (χ2v) is 3.61. The van der Waals surface area contributed by atoms with Crippen LogP contribution < -0.4 is 0 Å². The summed E-state index contributed by atoms with van der Waals surface area (Å²) in [6.07, 6.45) is 1.66. The van der Waals surface area contributed by atoms with Gasteiger partial charge in [0.05, 0.1) is 4.83 Å². The van der Waals surface area contributed by atoms with Gasteiger partial charge in [-0.15, -0.1) is 0 Å². The van der Waals surface area contributed by atoms with Crippen molar-refractivity contribution in [2.75, 3.05) is 14.2 Å². The molecule has 0 aliphatic carbocycles. The van der Waals surface area contributed by atoms with Crippen molar-refractivity contribution in [2.24, 2.45) is 0 Å². The average Bonchev–Trinajstić information content (AvgIpc) is 2.03. The van der Waals surface area contributed by atoms with Crippen LogP contribution in [0.5, 0.6) is 0 Å². The Labute approximate surface area is 81.4 Å². The molecule has 0 saturated heterocycles. The first-order chi connectivity index (χ1) is 5.26. The Morgan fingerprint density at radius 1 is 1.45 bits per heavy atom. The zero-order valence-electron chi connectivity index (χ0n) is 6.75. The van der Waals surface area contributed by atoms with Crippen LogP contribution in [0.3, 0.4) is 0 Å². The molecule has 0 spiro atoms. The van der Waals surface area contributed by atoms with Gasteiger partial charge in [-0.3, -0.25) is 0 Å². The topological polar surface area (TPSA) is 18.5 Å². The minimum absolute atomic E-state index is 0.176. The highest BCUT2D eigenvalue weighted by atomic mass is 79.9. The number of hydrogen-bond donors (Lipinski definition) is 0. The summed E-state index contributed by atoms with van der Waals surface area (Å²) in [5, 5.41) is 1.72. The summed E-state index contributed by atoms with van der Waals surface area (Å²) in [5.41, 5.74) is 0. The first-order valence-corrected chi connectivity index (χ1v) is 4.78. The van der Waals surface area contributed by atoms with Crippen LogP contribution in [0.25, 0.3) is 0 Å². The molecule has 0 amide bonds. The van der Waals surface area contributed by atoms with Gasteiger partial charge < -0.3 is 9.47 Å². The van der Waals surface area contributed by atoms with Crippen molar-refractivity contribution < 1.29 is 9.47 Å². The van der Waals surface area contributed by atoms with Gasteiger partial charge in [0.25, 0.3) is 0 Å². The van der Waals surface area contributed by atoms with Gasteiger partial charge in [-0.2, -0.15) is 0 Å². The number of methoxy groups -OCH3 is 2. The standard InChI is InChI=1S/C7H13BrO2S/c1-9-7(10-2)6(8)4-3-5-11/h5-7H,3-4H2,1-2H3. The number of halogens is 1. The fraction of sp³-hybridized carbons (Fsp3) is 0.857. The largest absolute Gasteiger partial charge is 0.355 e. The Morgan fingerprint density at radius 2 is 2.00 bits per heavy atom. The Hall–Kier alpha value is 0.490. The van der Waals surface area contributed by atoms with Gasteiger partial charge in [-0.05, 0) is 18.2 Å². The van der Waals surface area contributed by atoms with E-state index in [1.807, 2.05) is 0 Å². The maximum atomic E-state index is 5.04. The van der Waals surface area contributed by atoms with E-state index in [0.29, 0.717) is 0 Å². The number of thiocarbonyl (C=S) groups is 1. The smallest absolute Gasteiger partial charge is 0.169 e. The van der Waals surface area contributed by atoms with E-state index in [4.69, 9.17) is 21.7 Å². The van der Waals surface area contributed by atoms with E-state index in [2.05, 4.69) is 15.9 Å². The third-order valence-electron chi connectivity index (χ3n) is 1.32. The number of ether oxygens (including phenoxy) is 2. The lowest BCUT2D eigenvalue weighted by molar-refractivity contribution is -0.101. The fourth-order valence-electron chi connectivity index (χ4n) is 0.755. The molecular weight excluding hydrogens is 228 g/mol. The van der Waals surface area contributed by atoms with Crippen LogP contribution in [0.15, 0.2) is 0 Å². The monoisotopic (exact) mass is 240 g/mol. The Bertz CT molecular complexity index is 107. The van der Waals surface area contributed by atoms with Crippen LogP contribution in [-0.4, -0.2) is 30.7 Å². The first kappa shape index (κ1) is 11.5. The van der Waals surface area contributed by atoms with Crippen molar-refractivity contribution in [1.82, 2.24) is 0 Å². The second kappa shape index (κ2) is 7.16. The highest BCUT2D eigenvalue weighted by Crippen LogP contribution is 2.14. The van der Waals surface area contributed by atoms with Crippen molar-refractivity contribution >= 4 is 33.5 Å². The molecule has 0 aromatic rings. The predicted molar refractivity (Wildman–Crippen MR) is 53.4 cm³/mol. The molecule has 0 fully saturated rings. The third-order valence-corrected chi connectivity index (χ3v) is 2.45. The summed E-state index contributed by atoms with van der Waals surface area (Å²) in [5.74, 6) is 0. The molecule has 0 rings (SSSR count). The minimum atomic E-state index is -0.176. The summed E-state index contributed by atoms with van der Waals surface area (Å²) in [7, 11) is 3.25.